The van der Waals surface area contributed by atoms with Gasteiger partial charge in [0.2, 0.25) is 0 Å². The van der Waals surface area contributed by atoms with Crippen LogP contribution in [0.15, 0.2) is 78.9 Å². The predicted molar refractivity (Wildman–Crippen MR) is 172 cm³/mol. The van der Waals surface area contributed by atoms with Crippen LogP contribution < -0.4 is 0 Å². The molecule has 0 aliphatic carbocycles. The van der Waals surface area contributed by atoms with E-state index in [0.29, 0.717) is 11.1 Å². The summed E-state index contributed by atoms with van der Waals surface area (Å²) in [7, 11) is 0. The van der Waals surface area contributed by atoms with Gasteiger partial charge in [0.1, 0.15) is 5.82 Å². The molecule has 0 spiro atoms. The van der Waals surface area contributed by atoms with E-state index >= 15 is 13.2 Å². The first-order valence-corrected chi connectivity index (χ1v) is 16.0. The van der Waals surface area contributed by atoms with Crippen molar-refractivity contribution in [2.24, 2.45) is 0 Å². The number of hydrogen-bond acceptors (Lipinski definition) is 0. The van der Waals surface area contributed by atoms with Crippen LogP contribution in [0.4, 0.5) is 13.2 Å². The Bertz CT molecular complexity index is 1390. The number of unbranched alkanes of at least 4 members (excludes halogenated alkanes) is 9. The zero-order valence-electron chi connectivity index (χ0n) is 25.3. The van der Waals surface area contributed by atoms with Crippen LogP contribution in [0.5, 0.6) is 0 Å². The summed E-state index contributed by atoms with van der Waals surface area (Å²) in [5, 5.41) is 0. The van der Waals surface area contributed by atoms with Gasteiger partial charge in [-0.2, -0.15) is 0 Å². The van der Waals surface area contributed by atoms with Crippen molar-refractivity contribution in [1.29, 1.82) is 0 Å². The number of benzene rings is 4. The molecule has 4 aromatic rings. The normalized spacial score (nSPS) is 11.3. The van der Waals surface area contributed by atoms with Gasteiger partial charge >= 0.3 is 0 Å². The summed E-state index contributed by atoms with van der Waals surface area (Å²) < 4.78 is 45.7. The van der Waals surface area contributed by atoms with E-state index < -0.39 is 17.5 Å². The van der Waals surface area contributed by atoms with E-state index in [0.717, 1.165) is 31.2 Å². The lowest BCUT2D eigenvalue weighted by Gasteiger charge is -2.12. The molecule has 0 bridgehead atoms. The second-order valence-electron chi connectivity index (χ2n) is 11.6. The van der Waals surface area contributed by atoms with Crippen molar-refractivity contribution < 1.29 is 13.2 Å². The van der Waals surface area contributed by atoms with E-state index in [1.807, 2.05) is 36.4 Å². The largest absolute Gasteiger partial charge is 0.206 e. The van der Waals surface area contributed by atoms with Crippen LogP contribution >= 0.6 is 0 Å². The van der Waals surface area contributed by atoms with Crippen molar-refractivity contribution in [3.63, 3.8) is 0 Å². The zero-order valence-corrected chi connectivity index (χ0v) is 25.3. The van der Waals surface area contributed by atoms with Crippen molar-refractivity contribution in [2.45, 2.75) is 97.3 Å². The van der Waals surface area contributed by atoms with Gasteiger partial charge in [0, 0.05) is 16.7 Å². The molecule has 0 atom stereocenters. The van der Waals surface area contributed by atoms with Crippen molar-refractivity contribution in [2.75, 3.05) is 0 Å². The maximum absolute atomic E-state index is 15.3. The molecule has 3 heteroatoms. The van der Waals surface area contributed by atoms with Gasteiger partial charge in [-0.15, -0.1) is 0 Å². The van der Waals surface area contributed by atoms with Crippen LogP contribution in [-0.4, -0.2) is 0 Å². The highest BCUT2D eigenvalue weighted by atomic mass is 19.2. The van der Waals surface area contributed by atoms with Crippen LogP contribution in [0, 0.1) is 17.5 Å². The third-order valence-corrected chi connectivity index (χ3v) is 8.28. The Balaban J connectivity index is 1.39. The zero-order chi connectivity index (χ0) is 29.7. The fourth-order valence-electron chi connectivity index (χ4n) is 5.65. The third-order valence-electron chi connectivity index (χ3n) is 8.28. The highest BCUT2D eigenvalue weighted by molar-refractivity contribution is 5.75. The van der Waals surface area contributed by atoms with E-state index in [1.165, 1.54) is 81.0 Å². The highest BCUT2D eigenvalue weighted by Crippen LogP contribution is 2.34. The lowest BCUT2D eigenvalue weighted by molar-refractivity contribution is 0.513. The van der Waals surface area contributed by atoms with Crippen molar-refractivity contribution in [3.8, 4) is 33.4 Å². The summed E-state index contributed by atoms with van der Waals surface area (Å²) in [5.74, 6) is -2.56. The number of aryl methyl sites for hydroxylation is 2. The molecule has 4 rings (SSSR count). The first-order valence-electron chi connectivity index (χ1n) is 16.0. The quantitative estimate of drug-likeness (QED) is 0.118. The minimum Gasteiger partial charge on any atom is -0.206 e. The van der Waals surface area contributed by atoms with Gasteiger partial charge in [-0.1, -0.05) is 144 Å². The molecular formula is C39H45F3. The second kappa shape index (κ2) is 16.3. The predicted octanol–water partition coefficient (Wildman–Crippen LogP) is 12.5. The maximum atomic E-state index is 15.3. The van der Waals surface area contributed by atoms with Gasteiger partial charge < -0.3 is 0 Å². The summed E-state index contributed by atoms with van der Waals surface area (Å²) in [6.07, 6.45) is 15.9. The fraction of sp³-hybridized carbons (Fsp3) is 0.385. The Hall–Kier alpha value is -3.33. The van der Waals surface area contributed by atoms with Gasteiger partial charge in [-0.3, -0.25) is 0 Å². The summed E-state index contributed by atoms with van der Waals surface area (Å²) >= 11 is 0. The van der Waals surface area contributed by atoms with Gasteiger partial charge in [0.05, 0.1) is 0 Å². The van der Waals surface area contributed by atoms with Crippen LogP contribution in [0.25, 0.3) is 33.4 Å². The average molecular weight is 571 g/mol. The molecule has 0 aromatic heterocycles. The fourth-order valence-corrected chi connectivity index (χ4v) is 5.65. The van der Waals surface area contributed by atoms with Crippen molar-refractivity contribution in [1.82, 2.24) is 0 Å². The summed E-state index contributed by atoms with van der Waals surface area (Å²) in [5.41, 5.74) is 4.86. The number of halogens is 3. The Labute approximate surface area is 251 Å². The first-order chi connectivity index (χ1) is 20.5. The number of rotatable bonds is 16. The molecule has 0 unspecified atom stereocenters. The van der Waals surface area contributed by atoms with Crippen LogP contribution in [0.3, 0.4) is 0 Å². The smallest absolute Gasteiger partial charge is 0.167 e. The van der Waals surface area contributed by atoms with E-state index in [9.17, 15) is 0 Å². The van der Waals surface area contributed by atoms with Crippen molar-refractivity contribution >= 4 is 0 Å². The molecule has 0 saturated heterocycles. The SMILES string of the molecule is CCCCCCCCCCc1ccc(-c2ccc(-c3ccc(-c4ccc(CCCCC)cc4)c(F)c3F)c(F)c2)cc1. The maximum Gasteiger partial charge on any atom is 0.167 e. The van der Waals surface area contributed by atoms with E-state index in [4.69, 9.17) is 0 Å². The monoisotopic (exact) mass is 570 g/mol. The molecule has 0 aliphatic rings. The van der Waals surface area contributed by atoms with Gasteiger partial charge in [-0.25, -0.2) is 13.2 Å². The van der Waals surface area contributed by atoms with Gasteiger partial charge in [0.25, 0.3) is 0 Å². The Morgan fingerprint density at radius 3 is 1.43 bits per heavy atom. The molecule has 0 heterocycles. The van der Waals surface area contributed by atoms with Gasteiger partial charge in [-0.05, 0) is 59.6 Å². The van der Waals surface area contributed by atoms with E-state index in [-0.39, 0.29) is 16.7 Å². The molecule has 0 N–H and O–H groups in total. The third kappa shape index (κ3) is 8.60. The Kier molecular flexibility index (Phi) is 12.3. The Morgan fingerprint density at radius 2 is 0.833 bits per heavy atom. The molecule has 0 nitrogen and oxygen atoms in total. The summed E-state index contributed by atoms with van der Waals surface area (Å²) in [6, 6.07) is 23.6. The van der Waals surface area contributed by atoms with Crippen LogP contribution in [0.1, 0.15) is 95.6 Å². The molecular weight excluding hydrogens is 525 g/mol. The molecule has 42 heavy (non-hydrogen) atoms. The Morgan fingerprint density at radius 1 is 0.405 bits per heavy atom. The average Bonchev–Trinajstić information content (AvgIpc) is 3.01. The first kappa shape index (κ1) is 31.6. The molecule has 4 aromatic carbocycles. The lowest BCUT2D eigenvalue weighted by Crippen LogP contribution is -1.96. The summed E-state index contributed by atoms with van der Waals surface area (Å²) in [4.78, 5) is 0. The molecule has 0 amide bonds. The molecule has 222 valence electrons. The van der Waals surface area contributed by atoms with Crippen LogP contribution in [0.2, 0.25) is 0 Å². The number of hydrogen-bond donors (Lipinski definition) is 0. The topological polar surface area (TPSA) is 0 Å². The highest BCUT2D eigenvalue weighted by Gasteiger charge is 2.18. The molecule has 0 aliphatic heterocycles. The molecule has 0 fully saturated rings. The van der Waals surface area contributed by atoms with Crippen molar-refractivity contribution in [3.05, 3.63) is 107 Å². The van der Waals surface area contributed by atoms with E-state index in [1.54, 1.807) is 18.2 Å². The van der Waals surface area contributed by atoms with Gasteiger partial charge in [0.15, 0.2) is 11.6 Å². The molecule has 0 radical (unpaired) electrons. The minimum absolute atomic E-state index is 0.0549. The second-order valence-corrected chi connectivity index (χ2v) is 11.6. The lowest BCUT2D eigenvalue weighted by atomic mass is 9.95. The summed E-state index contributed by atoms with van der Waals surface area (Å²) in [6.45, 7) is 4.41. The molecule has 0 saturated carbocycles. The van der Waals surface area contributed by atoms with E-state index in [2.05, 4.69) is 26.0 Å². The van der Waals surface area contributed by atoms with Crippen LogP contribution in [-0.2, 0) is 12.8 Å². The minimum atomic E-state index is -1.03. The standard InChI is InChI=1S/C39H45F3/c1-3-5-7-8-9-10-11-13-15-30-16-20-31(21-17-30)33-24-25-35(37(40)28-33)36-27-26-34(38(41)39(36)42)32-22-18-29(19-23-32)14-12-6-4-2/h16-28H,3-15H2,1-2H3.